The number of nitrogens with zero attached hydrogens (tertiary/aromatic N) is 2. The Kier molecular flexibility index (Phi) is 5.02. The van der Waals surface area contributed by atoms with E-state index in [1.54, 1.807) is 4.90 Å². The lowest BCUT2D eigenvalue weighted by molar-refractivity contribution is -0.143. The number of aromatic nitrogens is 1. The smallest absolute Gasteiger partial charge is 0.317 e. The average Bonchev–Trinajstić information content (AvgIpc) is 3.09. The number of oxazole rings is 1. The third kappa shape index (κ3) is 4.17. The zero-order valence-corrected chi connectivity index (χ0v) is 14.1. The molecule has 1 aliphatic rings. The molecule has 1 unspecified atom stereocenters. The van der Waals surface area contributed by atoms with Crippen LogP contribution >= 0.6 is 0 Å². The predicted octanol–water partition coefficient (Wildman–Crippen LogP) is 2.66. The van der Waals surface area contributed by atoms with E-state index in [2.05, 4.69) is 10.3 Å². The molecular formula is C18H21N3O4. The van der Waals surface area contributed by atoms with E-state index in [4.69, 9.17) is 9.52 Å². The quantitative estimate of drug-likeness (QED) is 0.890. The zero-order valence-electron chi connectivity index (χ0n) is 14.1. The maximum Gasteiger partial charge on any atom is 0.317 e. The van der Waals surface area contributed by atoms with Crippen LogP contribution in [0.2, 0.25) is 0 Å². The van der Waals surface area contributed by atoms with Crippen LogP contribution in [0.15, 0.2) is 34.9 Å². The van der Waals surface area contributed by atoms with Crippen molar-refractivity contribution in [1.29, 1.82) is 0 Å². The van der Waals surface area contributed by atoms with Gasteiger partial charge in [-0.1, -0.05) is 17.7 Å². The normalized spacial score (nSPS) is 17.3. The Bertz CT molecular complexity index is 754. The molecule has 1 aromatic heterocycles. The fourth-order valence-electron chi connectivity index (χ4n) is 2.86. The Balaban J connectivity index is 1.56. The number of piperidine rings is 1. The summed E-state index contributed by atoms with van der Waals surface area (Å²) in [5.74, 6) is -0.829. The minimum Gasteiger partial charge on any atom is -0.481 e. The first-order valence-electron chi connectivity index (χ1n) is 8.30. The highest BCUT2D eigenvalue weighted by atomic mass is 16.4. The van der Waals surface area contributed by atoms with Gasteiger partial charge < -0.3 is 19.7 Å². The van der Waals surface area contributed by atoms with Gasteiger partial charge in [0.2, 0.25) is 5.89 Å². The van der Waals surface area contributed by atoms with E-state index in [0.29, 0.717) is 31.0 Å². The van der Waals surface area contributed by atoms with E-state index in [1.807, 2.05) is 31.2 Å². The van der Waals surface area contributed by atoms with Crippen LogP contribution in [0.4, 0.5) is 4.79 Å². The Labute approximate surface area is 145 Å². The summed E-state index contributed by atoms with van der Waals surface area (Å²) in [6.07, 6.45) is 2.83. The lowest BCUT2D eigenvalue weighted by atomic mass is 9.99. The summed E-state index contributed by atoms with van der Waals surface area (Å²) in [6.45, 7) is 3.07. The summed E-state index contributed by atoms with van der Waals surface area (Å²) < 4.78 is 5.46. The molecular weight excluding hydrogens is 322 g/mol. The molecule has 1 aromatic carbocycles. The third-order valence-corrected chi connectivity index (χ3v) is 4.33. The molecule has 0 spiro atoms. The van der Waals surface area contributed by atoms with Crippen molar-refractivity contribution in [2.75, 3.05) is 13.1 Å². The highest BCUT2D eigenvalue weighted by Gasteiger charge is 2.28. The lowest BCUT2D eigenvalue weighted by Crippen LogP contribution is -2.46. The van der Waals surface area contributed by atoms with Crippen molar-refractivity contribution in [3.05, 3.63) is 41.8 Å². The monoisotopic (exact) mass is 343 g/mol. The van der Waals surface area contributed by atoms with E-state index < -0.39 is 11.9 Å². The first-order chi connectivity index (χ1) is 12.0. The summed E-state index contributed by atoms with van der Waals surface area (Å²) in [6, 6.07) is 7.56. The van der Waals surface area contributed by atoms with E-state index in [0.717, 1.165) is 11.1 Å². The molecule has 2 N–H and O–H groups in total. The van der Waals surface area contributed by atoms with Crippen LogP contribution in [0, 0.1) is 12.8 Å². The van der Waals surface area contributed by atoms with Crippen molar-refractivity contribution in [2.45, 2.75) is 26.3 Å². The molecule has 1 aliphatic heterocycles. The maximum atomic E-state index is 12.2. The third-order valence-electron chi connectivity index (χ3n) is 4.33. The molecule has 3 rings (SSSR count). The van der Waals surface area contributed by atoms with Gasteiger partial charge in [-0.05, 0) is 31.9 Å². The van der Waals surface area contributed by atoms with E-state index in [9.17, 15) is 9.59 Å². The summed E-state index contributed by atoms with van der Waals surface area (Å²) in [7, 11) is 0. The molecule has 1 saturated heterocycles. The fourth-order valence-corrected chi connectivity index (χ4v) is 2.86. The fraction of sp³-hybridized carbons (Fsp3) is 0.389. The second-order valence-electron chi connectivity index (χ2n) is 6.29. The number of likely N-dealkylation sites (tertiary alicyclic amines) is 1. The summed E-state index contributed by atoms with van der Waals surface area (Å²) >= 11 is 0. The van der Waals surface area contributed by atoms with E-state index in [1.165, 1.54) is 6.26 Å². The van der Waals surface area contributed by atoms with Gasteiger partial charge in [0.1, 0.15) is 6.26 Å². The molecule has 2 amide bonds. The summed E-state index contributed by atoms with van der Waals surface area (Å²) in [5, 5.41) is 11.9. The molecule has 0 radical (unpaired) electrons. The molecule has 0 bridgehead atoms. The molecule has 1 atom stereocenters. The average molecular weight is 343 g/mol. The highest BCUT2D eigenvalue weighted by Crippen LogP contribution is 2.19. The van der Waals surface area contributed by atoms with Crippen molar-refractivity contribution in [2.24, 2.45) is 5.92 Å². The maximum absolute atomic E-state index is 12.2. The number of rotatable bonds is 4. The van der Waals surface area contributed by atoms with Gasteiger partial charge in [-0.15, -0.1) is 0 Å². The molecule has 0 aliphatic carbocycles. The van der Waals surface area contributed by atoms with E-state index in [-0.39, 0.29) is 19.1 Å². The first-order valence-corrected chi connectivity index (χ1v) is 8.30. The number of aryl methyl sites for hydroxylation is 1. The van der Waals surface area contributed by atoms with Crippen molar-refractivity contribution < 1.29 is 19.1 Å². The van der Waals surface area contributed by atoms with Gasteiger partial charge in [0, 0.05) is 18.7 Å². The second-order valence-corrected chi connectivity index (χ2v) is 6.29. The Morgan fingerprint density at radius 1 is 1.36 bits per heavy atom. The summed E-state index contributed by atoms with van der Waals surface area (Å²) in [5.41, 5.74) is 2.66. The Morgan fingerprint density at radius 2 is 2.12 bits per heavy atom. The number of carboxylic acids is 1. The van der Waals surface area contributed by atoms with Gasteiger partial charge in [-0.3, -0.25) is 4.79 Å². The molecule has 7 heteroatoms. The van der Waals surface area contributed by atoms with Gasteiger partial charge >= 0.3 is 12.0 Å². The summed E-state index contributed by atoms with van der Waals surface area (Å²) in [4.78, 5) is 29.2. The Morgan fingerprint density at radius 3 is 2.84 bits per heavy atom. The minimum absolute atomic E-state index is 0.239. The van der Waals surface area contributed by atoms with Gasteiger partial charge in [0.25, 0.3) is 0 Å². The van der Waals surface area contributed by atoms with Crippen molar-refractivity contribution >= 4 is 12.0 Å². The van der Waals surface area contributed by atoms with Crippen LogP contribution in [0.5, 0.6) is 0 Å². The number of carboxylic acid groups (broad SMARTS) is 1. The minimum atomic E-state index is -0.850. The second kappa shape index (κ2) is 7.38. The SMILES string of the molecule is Cc1ccc(-c2nc(CNC(=O)N3CCCC(C(=O)O)C3)co2)cc1. The first kappa shape index (κ1) is 17.0. The number of benzene rings is 1. The Hall–Kier alpha value is -2.83. The molecule has 2 aromatic rings. The number of amides is 2. The number of carbonyl (C=O) groups is 2. The topological polar surface area (TPSA) is 95.7 Å². The zero-order chi connectivity index (χ0) is 17.8. The van der Waals surface area contributed by atoms with Crippen molar-refractivity contribution in [1.82, 2.24) is 15.2 Å². The molecule has 1 fully saturated rings. The molecule has 7 nitrogen and oxygen atoms in total. The van der Waals surface area contributed by atoms with Crippen molar-refractivity contribution in [3.63, 3.8) is 0 Å². The molecule has 2 heterocycles. The largest absolute Gasteiger partial charge is 0.481 e. The van der Waals surface area contributed by atoms with Crippen LogP contribution in [0.25, 0.3) is 11.5 Å². The van der Waals surface area contributed by atoms with Crippen molar-refractivity contribution in [3.8, 4) is 11.5 Å². The number of hydrogen-bond acceptors (Lipinski definition) is 4. The van der Waals surface area contributed by atoms with Crippen LogP contribution in [0.3, 0.4) is 0 Å². The van der Waals surface area contributed by atoms with Gasteiger partial charge in [0.15, 0.2) is 0 Å². The van der Waals surface area contributed by atoms with Crippen LogP contribution < -0.4 is 5.32 Å². The van der Waals surface area contributed by atoms with Crippen LogP contribution in [0.1, 0.15) is 24.1 Å². The number of carbonyl (C=O) groups excluding carboxylic acids is 1. The molecule has 132 valence electrons. The highest BCUT2D eigenvalue weighted by molar-refractivity contribution is 5.76. The number of hydrogen-bond donors (Lipinski definition) is 2. The molecule has 0 saturated carbocycles. The predicted molar refractivity (Wildman–Crippen MR) is 90.8 cm³/mol. The van der Waals surface area contributed by atoms with Gasteiger partial charge in [0.05, 0.1) is 18.2 Å². The van der Waals surface area contributed by atoms with E-state index >= 15 is 0 Å². The lowest BCUT2D eigenvalue weighted by Gasteiger charge is -2.30. The van der Waals surface area contributed by atoms with Crippen LogP contribution in [-0.2, 0) is 11.3 Å². The standard InChI is InChI=1S/C18H21N3O4/c1-12-4-6-13(7-5-12)16-20-15(11-25-16)9-19-18(24)21-8-2-3-14(10-21)17(22)23/h4-7,11,14H,2-3,8-10H2,1H3,(H,19,24)(H,22,23). The van der Waals surface area contributed by atoms with Crippen LogP contribution in [-0.4, -0.2) is 40.1 Å². The molecule has 25 heavy (non-hydrogen) atoms. The number of nitrogens with one attached hydrogen (secondary N) is 1. The number of aliphatic carboxylic acids is 1. The van der Waals surface area contributed by atoms with Gasteiger partial charge in [-0.25, -0.2) is 9.78 Å². The van der Waals surface area contributed by atoms with Gasteiger partial charge in [-0.2, -0.15) is 0 Å². The number of urea groups is 1.